The van der Waals surface area contributed by atoms with E-state index >= 15 is 0 Å². The van der Waals surface area contributed by atoms with Gasteiger partial charge >= 0.3 is 5.97 Å². The van der Waals surface area contributed by atoms with Gasteiger partial charge in [0.2, 0.25) is 0 Å². The van der Waals surface area contributed by atoms with Crippen molar-refractivity contribution in [2.45, 2.75) is 20.4 Å². The predicted octanol–water partition coefficient (Wildman–Crippen LogP) is 4.51. The maximum atomic E-state index is 14.0. The Bertz CT molecular complexity index is 1590. The third kappa shape index (κ3) is 5.30. The SMILES string of the molecule is CCOC(=O)c1c(N2CCN(C(=O)c3ccc(OC)cc3)CC2)c2cc(C)ccc2n(Cc2ccccc2)c1=O. The lowest BCUT2D eigenvalue weighted by Gasteiger charge is -2.37. The van der Waals surface area contributed by atoms with Crippen LogP contribution in [0, 0.1) is 6.92 Å². The van der Waals surface area contributed by atoms with Crippen LogP contribution in [0.5, 0.6) is 5.75 Å². The van der Waals surface area contributed by atoms with Gasteiger partial charge in [-0.3, -0.25) is 9.59 Å². The average Bonchev–Trinajstić information content (AvgIpc) is 2.98. The third-order valence-electron chi connectivity index (χ3n) is 7.28. The minimum atomic E-state index is -0.635. The minimum Gasteiger partial charge on any atom is -0.497 e. The highest BCUT2D eigenvalue weighted by atomic mass is 16.5. The number of esters is 1. The molecule has 4 aromatic rings. The van der Waals surface area contributed by atoms with Crippen LogP contribution in [0.4, 0.5) is 5.69 Å². The number of nitrogens with zero attached hydrogens (tertiary/aromatic N) is 3. The van der Waals surface area contributed by atoms with Crippen molar-refractivity contribution in [3.05, 3.63) is 105 Å². The molecule has 1 saturated heterocycles. The van der Waals surface area contributed by atoms with Gasteiger partial charge in [0.15, 0.2) is 0 Å². The quantitative estimate of drug-likeness (QED) is 0.322. The van der Waals surface area contributed by atoms with Gasteiger partial charge < -0.3 is 23.8 Å². The number of anilines is 1. The number of aromatic nitrogens is 1. The molecule has 1 aliphatic rings. The van der Waals surface area contributed by atoms with Gasteiger partial charge in [-0.15, -0.1) is 0 Å². The first kappa shape index (κ1) is 27.0. The summed E-state index contributed by atoms with van der Waals surface area (Å²) < 4.78 is 12.3. The van der Waals surface area contributed by atoms with Gasteiger partial charge in [0.25, 0.3) is 11.5 Å². The van der Waals surface area contributed by atoms with Crippen LogP contribution in [-0.4, -0.2) is 61.2 Å². The molecule has 40 heavy (non-hydrogen) atoms. The Hall–Kier alpha value is -4.59. The number of aryl methyl sites for hydroxylation is 1. The zero-order valence-electron chi connectivity index (χ0n) is 23.1. The average molecular weight is 540 g/mol. The summed E-state index contributed by atoms with van der Waals surface area (Å²) in [6.07, 6.45) is 0. The van der Waals surface area contributed by atoms with Crippen LogP contribution in [0.25, 0.3) is 10.9 Å². The van der Waals surface area contributed by atoms with Crippen molar-refractivity contribution >= 4 is 28.5 Å². The summed E-state index contributed by atoms with van der Waals surface area (Å²) in [5.41, 5.74) is 3.53. The first-order valence-corrected chi connectivity index (χ1v) is 13.5. The molecule has 0 N–H and O–H groups in total. The molecule has 0 bridgehead atoms. The predicted molar refractivity (Wildman–Crippen MR) is 156 cm³/mol. The minimum absolute atomic E-state index is 0.0332. The van der Waals surface area contributed by atoms with Gasteiger partial charge in [-0.1, -0.05) is 42.0 Å². The molecular weight excluding hydrogens is 506 g/mol. The normalized spacial score (nSPS) is 13.4. The summed E-state index contributed by atoms with van der Waals surface area (Å²) >= 11 is 0. The van der Waals surface area contributed by atoms with Gasteiger partial charge in [0.05, 0.1) is 31.5 Å². The molecule has 2 heterocycles. The van der Waals surface area contributed by atoms with Gasteiger partial charge in [-0.2, -0.15) is 0 Å². The number of hydrogen-bond acceptors (Lipinski definition) is 6. The van der Waals surface area contributed by atoms with Crippen molar-refractivity contribution in [2.24, 2.45) is 0 Å². The fraction of sp³-hybridized carbons (Fsp3) is 0.281. The summed E-state index contributed by atoms with van der Waals surface area (Å²) in [6.45, 7) is 6.06. The number of piperazine rings is 1. The van der Waals surface area contributed by atoms with Crippen LogP contribution in [0.1, 0.15) is 38.8 Å². The zero-order valence-corrected chi connectivity index (χ0v) is 23.1. The van der Waals surface area contributed by atoms with E-state index in [1.807, 2.05) is 60.4 Å². The van der Waals surface area contributed by atoms with Gasteiger partial charge in [0.1, 0.15) is 11.3 Å². The molecule has 1 fully saturated rings. The second kappa shape index (κ2) is 11.7. The lowest BCUT2D eigenvalue weighted by molar-refractivity contribution is 0.0523. The van der Waals surface area contributed by atoms with Gasteiger partial charge in [-0.05, 0) is 55.8 Å². The highest BCUT2D eigenvalue weighted by Gasteiger charge is 2.30. The standard InChI is InChI=1S/C32H33N3O5/c1-4-40-32(38)28-29(33-16-18-34(19-17-33)30(36)24-11-13-25(39-3)14-12-24)26-20-22(2)10-15-27(26)35(31(28)37)21-23-8-6-5-7-9-23/h5-15,20H,4,16-19,21H2,1-3H3. The van der Waals surface area contributed by atoms with Gasteiger partial charge in [0, 0.05) is 37.1 Å². The van der Waals surface area contributed by atoms with Crippen LogP contribution in [-0.2, 0) is 11.3 Å². The van der Waals surface area contributed by atoms with E-state index in [1.165, 1.54) is 0 Å². The second-order valence-electron chi connectivity index (χ2n) is 9.85. The Morgan fingerprint density at radius 3 is 2.25 bits per heavy atom. The highest BCUT2D eigenvalue weighted by Crippen LogP contribution is 2.32. The van der Waals surface area contributed by atoms with Crippen LogP contribution in [0.3, 0.4) is 0 Å². The van der Waals surface area contributed by atoms with Crippen LogP contribution in [0.2, 0.25) is 0 Å². The topological polar surface area (TPSA) is 81.1 Å². The van der Waals surface area contributed by atoms with Crippen molar-refractivity contribution in [1.82, 2.24) is 9.47 Å². The highest BCUT2D eigenvalue weighted by molar-refractivity contribution is 6.06. The Morgan fingerprint density at radius 2 is 1.60 bits per heavy atom. The Morgan fingerprint density at radius 1 is 0.900 bits per heavy atom. The number of rotatable bonds is 7. The smallest absolute Gasteiger partial charge is 0.345 e. The molecule has 1 aliphatic heterocycles. The summed E-state index contributed by atoms with van der Waals surface area (Å²) in [5, 5.41) is 0.813. The first-order chi connectivity index (χ1) is 19.4. The molecule has 8 nitrogen and oxygen atoms in total. The summed E-state index contributed by atoms with van der Waals surface area (Å²) in [6, 6.07) is 22.7. The van der Waals surface area contributed by atoms with E-state index in [2.05, 4.69) is 0 Å². The fourth-order valence-corrected chi connectivity index (χ4v) is 5.24. The molecular formula is C32H33N3O5. The van der Waals surface area contributed by atoms with E-state index < -0.39 is 5.97 Å². The van der Waals surface area contributed by atoms with E-state index in [0.29, 0.717) is 49.7 Å². The molecule has 0 saturated carbocycles. The number of carbonyl (C=O) groups is 2. The molecule has 5 rings (SSSR count). The van der Waals surface area contributed by atoms with Crippen molar-refractivity contribution < 1.29 is 19.1 Å². The Balaban J connectivity index is 1.54. The monoisotopic (exact) mass is 539 g/mol. The Labute approximate surface area is 233 Å². The van der Waals surface area contributed by atoms with Crippen molar-refractivity contribution in [3.8, 4) is 5.75 Å². The summed E-state index contributed by atoms with van der Waals surface area (Å²) in [5.74, 6) is -0.00612. The van der Waals surface area contributed by atoms with E-state index in [-0.39, 0.29) is 23.6 Å². The molecule has 1 aromatic heterocycles. The van der Waals surface area contributed by atoms with Crippen molar-refractivity contribution in [2.75, 3.05) is 44.8 Å². The van der Waals surface area contributed by atoms with Crippen LogP contribution in [0.15, 0.2) is 77.6 Å². The number of methoxy groups -OCH3 is 1. The van der Waals surface area contributed by atoms with Gasteiger partial charge in [-0.25, -0.2) is 4.79 Å². The molecule has 0 aliphatic carbocycles. The number of amides is 1. The maximum absolute atomic E-state index is 14.0. The number of carbonyl (C=O) groups excluding carboxylic acids is 2. The number of hydrogen-bond donors (Lipinski definition) is 0. The van der Waals surface area contributed by atoms with Crippen molar-refractivity contribution in [1.29, 1.82) is 0 Å². The Kier molecular flexibility index (Phi) is 7.86. The van der Waals surface area contributed by atoms with E-state index in [0.717, 1.165) is 22.0 Å². The fourth-order valence-electron chi connectivity index (χ4n) is 5.24. The molecule has 1 amide bonds. The maximum Gasteiger partial charge on any atom is 0.345 e. The molecule has 206 valence electrons. The van der Waals surface area contributed by atoms with Crippen molar-refractivity contribution in [3.63, 3.8) is 0 Å². The molecule has 3 aromatic carbocycles. The molecule has 0 spiro atoms. The number of pyridine rings is 1. The summed E-state index contributed by atoms with van der Waals surface area (Å²) in [4.78, 5) is 44.4. The van der Waals surface area contributed by atoms with Crippen LogP contribution >= 0.6 is 0 Å². The van der Waals surface area contributed by atoms with E-state index in [1.54, 1.807) is 47.8 Å². The third-order valence-corrected chi connectivity index (χ3v) is 7.28. The lowest BCUT2D eigenvalue weighted by Crippen LogP contribution is -2.49. The zero-order chi connectivity index (χ0) is 28.2. The molecule has 0 atom stereocenters. The largest absolute Gasteiger partial charge is 0.497 e. The molecule has 8 heteroatoms. The lowest BCUT2D eigenvalue weighted by atomic mass is 10.0. The van der Waals surface area contributed by atoms with E-state index in [9.17, 15) is 14.4 Å². The van der Waals surface area contributed by atoms with Crippen LogP contribution < -0.4 is 15.2 Å². The number of benzene rings is 3. The summed E-state index contributed by atoms with van der Waals surface area (Å²) in [7, 11) is 1.59. The molecule has 0 unspecified atom stereocenters. The first-order valence-electron chi connectivity index (χ1n) is 13.5. The molecule has 0 radical (unpaired) electrons. The second-order valence-corrected chi connectivity index (χ2v) is 9.85. The number of fused-ring (bicyclic) bond motifs is 1. The van der Waals surface area contributed by atoms with E-state index in [4.69, 9.17) is 9.47 Å². The number of ether oxygens (including phenoxy) is 2.